The van der Waals surface area contributed by atoms with Gasteiger partial charge in [0.05, 0.1) is 22.5 Å². The van der Waals surface area contributed by atoms with Crippen LogP contribution in [-0.4, -0.2) is 18.1 Å². The number of hydrogen-bond donors (Lipinski definition) is 0. The van der Waals surface area contributed by atoms with E-state index in [1.165, 1.54) is 12.8 Å². The third kappa shape index (κ3) is 1.56. The molecule has 0 amide bonds. The zero-order valence-corrected chi connectivity index (χ0v) is 8.59. The fraction of sp³-hybridized carbons (Fsp3) is 0.364. The van der Waals surface area contributed by atoms with E-state index in [0.29, 0.717) is 10.6 Å². The fourth-order valence-electron chi connectivity index (χ4n) is 1.71. The van der Waals surface area contributed by atoms with Crippen molar-refractivity contribution in [2.45, 2.75) is 12.8 Å². The molecule has 0 saturated carbocycles. The first kappa shape index (κ1) is 9.36. The van der Waals surface area contributed by atoms with Crippen LogP contribution in [0.2, 0.25) is 5.02 Å². The van der Waals surface area contributed by atoms with Crippen molar-refractivity contribution in [3.63, 3.8) is 0 Å². The smallest absolute Gasteiger partial charge is 0.0827 e. The highest BCUT2D eigenvalue weighted by Gasteiger charge is 2.16. The molecule has 1 saturated heterocycles. The van der Waals surface area contributed by atoms with Crippen molar-refractivity contribution in [2.24, 2.45) is 0 Å². The molecule has 72 valence electrons. The van der Waals surface area contributed by atoms with Crippen LogP contribution < -0.4 is 4.90 Å². The summed E-state index contributed by atoms with van der Waals surface area (Å²) in [5.41, 5.74) is 1.65. The lowest BCUT2D eigenvalue weighted by Gasteiger charge is -2.18. The molecular weight excluding hydrogens is 196 g/mol. The maximum absolute atomic E-state index is 6.16. The van der Waals surface area contributed by atoms with Gasteiger partial charge in [-0.15, -0.1) is 6.42 Å². The summed E-state index contributed by atoms with van der Waals surface area (Å²) in [5, 5.41) is 0.657. The molecule has 0 radical (unpaired) electrons. The zero-order valence-electron chi connectivity index (χ0n) is 7.83. The number of terminal acetylenes is 1. The average Bonchev–Trinajstić information content (AvgIpc) is 2.71. The molecule has 1 aliphatic heterocycles. The Kier molecular flexibility index (Phi) is 2.60. The third-order valence-corrected chi connectivity index (χ3v) is 2.86. The quantitative estimate of drug-likeness (QED) is 0.656. The molecule has 0 N–H and O–H groups in total. The topological polar surface area (TPSA) is 16.1 Å². The fourth-order valence-corrected chi connectivity index (χ4v) is 1.98. The maximum atomic E-state index is 6.16. The minimum atomic E-state index is 0.657. The second-order valence-corrected chi connectivity index (χ2v) is 3.74. The normalized spacial score (nSPS) is 15.6. The number of aromatic nitrogens is 1. The third-order valence-electron chi connectivity index (χ3n) is 2.46. The maximum Gasteiger partial charge on any atom is 0.0827 e. The van der Waals surface area contributed by atoms with Gasteiger partial charge in [-0.05, 0) is 12.8 Å². The Hall–Kier alpha value is -1.20. The standard InChI is InChI=1S/C11H11ClN2/c1-2-9-7-13-8-10(11(9)12)14-5-3-4-6-14/h1,7-8H,3-6H2. The lowest BCUT2D eigenvalue weighted by atomic mass is 10.2. The highest BCUT2D eigenvalue weighted by Crippen LogP contribution is 2.29. The number of halogens is 1. The number of pyridine rings is 1. The summed E-state index contributed by atoms with van der Waals surface area (Å²) in [6, 6.07) is 0. The molecule has 0 bridgehead atoms. The van der Waals surface area contributed by atoms with Crippen molar-refractivity contribution in [2.75, 3.05) is 18.0 Å². The first-order valence-corrected chi connectivity index (χ1v) is 5.06. The SMILES string of the molecule is C#Cc1cncc(N2CCCC2)c1Cl. The van der Waals surface area contributed by atoms with Crippen LogP contribution >= 0.6 is 11.6 Å². The summed E-state index contributed by atoms with van der Waals surface area (Å²) < 4.78 is 0. The molecule has 0 aliphatic carbocycles. The molecule has 1 aromatic heterocycles. The van der Waals surface area contributed by atoms with Crippen LogP contribution in [0.25, 0.3) is 0 Å². The molecule has 2 rings (SSSR count). The molecule has 0 aromatic carbocycles. The highest BCUT2D eigenvalue weighted by atomic mass is 35.5. The van der Waals surface area contributed by atoms with E-state index in [2.05, 4.69) is 15.8 Å². The Labute approximate surface area is 88.9 Å². The zero-order chi connectivity index (χ0) is 9.97. The van der Waals surface area contributed by atoms with Gasteiger partial charge in [-0.3, -0.25) is 4.98 Å². The predicted molar refractivity (Wildman–Crippen MR) is 58.6 cm³/mol. The molecule has 3 heteroatoms. The van der Waals surface area contributed by atoms with Crippen LogP contribution in [0.4, 0.5) is 5.69 Å². The minimum Gasteiger partial charge on any atom is -0.369 e. The van der Waals surface area contributed by atoms with Crippen molar-refractivity contribution in [3.8, 4) is 12.3 Å². The van der Waals surface area contributed by atoms with Gasteiger partial charge in [-0.25, -0.2) is 0 Å². The van der Waals surface area contributed by atoms with E-state index in [9.17, 15) is 0 Å². The van der Waals surface area contributed by atoms with Crippen molar-refractivity contribution in [1.29, 1.82) is 0 Å². The van der Waals surface area contributed by atoms with Gasteiger partial charge in [0, 0.05) is 19.3 Å². The molecule has 2 nitrogen and oxygen atoms in total. The summed E-state index contributed by atoms with van der Waals surface area (Å²) >= 11 is 6.16. The molecule has 0 atom stereocenters. The second kappa shape index (κ2) is 3.89. The summed E-state index contributed by atoms with van der Waals surface area (Å²) in [4.78, 5) is 6.32. The van der Waals surface area contributed by atoms with E-state index in [0.717, 1.165) is 18.8 Å². The molecule has 14 heavy (non-hydrogen) atoms. The number of anilines is 1. The number of hydrogen-bond acceptors (Lipinski definition) is 2. The van der Waals surface area contributed by atoms with Gasteiger partial charge in [0.1, 0.15) is 0 Å². The average molecular weight is 207 g/mol. The molecule has 1 aliphatic rings. The Balaban J connectivity index is 2.38. The largest absolute Gasteiger partial charge is 0.369 e. The van der Waals surface area contributed by atoms with Crippen LogP contribution in [0.15, 0.2) is 12.4 Å². The van der Waals surface area contributed by atoms with E-state index in [1.54, 1.807) is 12.4 Å². The Morgan fingerprint density at radius 2 is 2.07 bits per heavy atom. The lowest BCUT2D eigenvalue weighted by Crippen LogP contribution is -2.18. The molecule has 1 aromatic rings. The number of rotatable bonds is 1. The first-order valence-electron chi connectivity index (χ1n) is 4.68. The second-order valence-electron chi connectivity index (χ2n) is 3.36. The van der Waals surface area contributed by atoms with E-state index >= 15 is 0 Å². The predicted octanol–water partition coefficient (Wildman–Crippen LogP) is 2.32. The van der Waals surface area contributed by atoms with E-state index in [-0.39, 0.29) is 0 Å². The minimum absolute atomic E-state index is 0.657. The first-order chi connectivity index (χ1) is 6.83. The van der Waals surface area contributed by atoms with Gasteiger partial charge in [0.2, 0.25) is 0 Å². The number of nitrogens with zero attached hydrogens (tertiary/aromatic N) is 2. The summed E-state index contributed by atoms with van der Waals surface area (Å²) in [6.07, 6.45) is 11.2. The van der Waals surface area contributed by atoms with Crippen molar-refractivity contribution in [3.05, 3.63) is 23.0 Å². The van der Waals surface area contributed by atoms with Crippen molar-refractivity contribution >= 4 is 17.3 Å². The van der Waals surface area contributed by atoms with Gasteiger partial charge in [0.25, 0.3) is 0 Å². The summed E-state index contributed by atoms with van der Waals surface area (Å²) in [7, 11) is 0. The van der Waals surface area contributed by atoms with Gasteiger partial charge < -0.3 is 4.90 Å². The monoisotopic (exact) mass is 206 g/mol. The van der Waals surface area contributed by atoms with Gasteiger partial charge in [-0.1, -0.05) is 17.5 Å². The highest BCUT2D eigenvalue weighted by molar-refractivity contribution is 6.34. The Morgan fingerprint density at radius 3 is 2.71 bits per heavy atom. The lowest BCUT2D eigenvalue weighted by molar-refractivity contribution is 0.949. The molecule has 0 unspecified atom stereocenters. The van der Waals surface area contributed by atoms with Gasteiger partial charge in [-0.2, -0.15) is 0 Å². The van der Waals surface area contributed by atoms with Crippen LogP contribution in [0.3, 0.4) is 0 Å². The van der Waals surface area contributed by atoms with Gasteiger partial charge >= 0.3 is 0 Å². The van der Waals surface area contributed by atoms with Crippen LogP contribution in [0, 0.1) is 12.3 Å². The van der Waals surface area contributed by atoms with Crippen LogP contribution in [0.1, 0.15) is 18.4 Å². The van der Waals surface area contributed by atoms with E-state index in [1.807, 2.05) is 0 Å². The molecular formula is C11H11ClN2. The van der Waals surface area contributed by atoms with Gasteiger partial charge in [0.15, 0.2) is 0 Å². The van der Waals surface area contributed by atoms with Crippen molar-refractivity contribution in [1.82, 2.24) is 4.98 Å². The molecule has 2 heterocycles. The Morgan fingerprint density at radius 1 is 1.36 bits per heavy atom. The molecule has 1 fully saturated rings. The van der Waals surface area contributed by atoms with E-state index < -0.39 is 0 Å². The summed E-state index contributed by atoms with van der Waals surface area (Å²) in [5.74, 6) is 2.54. The van der Waals surface area contributed by atoms with Crippen LogP contribution in [0.5, 0.6) is 0 Å². The van der Waals surface area contributed by atoms with Crippen molar-refractivity contribution < 1.29 is 0 Å². The van der Waals surface area contributed by atoms with Crippen LogP contribution in [-0.2, 0) is 0 Å². The van der Waals surface area contributed by atoms with E-state index in [4.69, 9.17) is 18.0 Å². The summed E-state index contributed by atoms with van der Waals surface area (Å²) in [6.45, 7) is 2.10. The Bertz CT molecular complexity index is 375. The molecule has 0 spiro atoms.